The fourth-order valence-electron chi connectivity index (χ4n) is 3.17. The quantitative estimate of drug-likeness (QED) is 0.495. The number of fused-ring (bicyclic) bond motifs is 1. The van der Waals surface area contributed by atoms with Crippen LogP contribution in [0.5, 0.6) is 0 Å². The summed E-state index contributed by atoms with van der Waals surface area (Å²) in [5.41, 5.74) is 3.23. The van der Waals surface area contributed by atoms with Crippen molar-refractivity contribution in [3.8, 4) is 0 Å². The Kier molecular flexibility index (Phi) is 5.72. The number of rotatable bonds is 7. The Morgan fingerprint density at radius 1 is 1.26 bits per heavy atom. The molecule has 142 valence electrons. The Hall–Kier alpha value is -2.51. The number of aromatic amines is 1. The molecular formula is C20H23N3O3S. The van der Waals surface area contributed by atoms with Gasteiger partial charge in [-0.2, -0.15) is 0 Å². The van der Waals surface area contributed by atoms with Crippen molar-refractivity contribution in [3.63, 3.8) is 0 Å². The summed E-state index contributed by atoms with van der Waals surface area (Å²) in [6.07, 6.45) is 0. The first-order chi connectivity index (χ1) is 12.9. The molecule has 27 heavy (non-hydrogen) atoms. The number of esters is 1. The number of H-pyrrole nitrogens is 1. The Morgan fingerprint density at radius 3 is 2.70 bits per heavy atom. The highest BCUT2D eigenvalue weighted by Gasteiger charge is 2.23. The van der Waals surface area contributed by atoms with E-state index in [0.717, 1.165) is 15.2 Å². The van der Waals surface area contributed by atoms with Crippen LogP contribution in [-0.4, -0.2) is 46.8 Å². The fraction of sp³-hybridized carbons (Fsp3) is 0.350. The zero-order valence-corrected chi connectivity index (χ0v) is 16.8. The van der Waals surface area contributed by atoms with E-state index in [1.165, 1.54) is 0 Å². The van der Waals surface area contributed by atoms with Gasteiger partial charge in [-0.1, -0.05) is 12.1 Å². The van der Waals surface area contributed by atoms with E-state index in [2.05, 4.69) is 9.97 Å². The number of Topliss-reactive ketones (excluding diaryl/α,β-unsaturated/α-hetero) is 1. The SMILES string of the molecule is CCOC(=O)c1[nH]c(C)c(C(=O)CN(C)Cc2nc3ccccc3s2)c1C. The number of hydrogen-bond acceptors (Lipinski definition) is 6. The number of nitrogens with zero attached hydrogens (tertiary/aromatic N) is 2. The summed E-state index contributed by atoms with van der Waals surface area (Å²) in [6.45, 7) is 6.47. The van der Waals surface area contributed by atoms with Crippen LogP contribution in [0.3, 0.4) is 0 Å². The van der Waals surface area contributed by atoms with Gasteiger partial charge in [0, 0.05) is 11.3 Å². The number of para-hydroxylation sites is 1. The second kappa shape index (κ2) is 8.02. The average molecular weight is 385 g/mol. The molecule has 0 aliphatic carbocycles. The maximum Gasteiger partial charge on any atom is 0.355 e. The summed E-state index contributed by atoms with van der Waals surface area (Å²) in [5, 5.41) is 0.973. The molecule has 0 aliphatic heterocycles. The number of carbonyl (C=O) groups excluding carboxylic acids is 2. The lowest BCUT2D eigenvalue weighted by Crippen LogP contribution is -2.26. The predicted molar refractivity (Wildman–Crippen MR) is 107 cm³/mol. The van der Waals surface area contributed by atoms with Crippen LogP contribution in [-0.2, 0) is 11.3 Å². The molecule has 0 bridgehead atoms. The molecule has 7 heteroatoms. The van der Waals surface area contributed by atoms with E-state index in [1.807, 2.05) is 36.2 Å². The third-order valence-electron chi connectivity index (χ3n) is 4.35. The van der Waals surface area contributed by atoms with Gasteiger partial charge in [0.25, 0.3) is 0 Å². The molecular weight excluding hydrogens is 362 g/mol. The van der Waals surface area contributed by atoms with Crippen LogP contribution in [0.4, 0.5) is 0 Å². The lowest BCUT2D eigenvalue weighted by Gasteiger charge is -2.14. The summed E-state index contributed by atoms with van der Waals surface area (Å²) < 4.78 is 6.19. The molecule has 2 aromatic heterocycles. The molecule has 1 aromatic carbocycles. The number of aryl methyl sites for hydroxylation is 1. The summed E-state index contributed by atoms with van der Waals surface area (Å²) in [5.74, 6) is -0.458. The normalized spacial score (nSPS) is 11.3. The summed E-state index contributed by atoms with van der Waals surface area (Å²) >= 11 is 1.64. The smallest absolute Gasteiger partial charge is 0.355 e. The Bertz CT molecular complexity index is 957. The molecule has 0 spiro atoms. The molecule has 0 saturated heterocycles. The van der Waals surface area contributed by atoms with Crippen molar-refractivity contribution in [2.75, 3.05) is 20.2 Å². The lowest BCUT2D eigenvalue weighted by molar-refractivity contribution is 0.0519. The molecule has 2 heterocycles. The predicted octanol–water partition coefficient (Wildman–Crippen LogP) is 3.73. The highest BCUT2D eigenvalue weighted by atomic mass is 32.1. The van der Waals surface area contributed by atoms with E-state index in [9.17, 15) is 9.59 Å². The average Bonchev–Trinajstić information content (AvgIpc) is 3.14. The molecule has 6 nitrogen and oxygen atoms in total. The second-order valence-electron chi connectivity index (χ2n) is 6.52. The van der Waals surface area contributed by atoms with Crippen molar-refractivity contribution in [1.82, 2.24) is 14.9 Å². The van der Waals surface area contributed by atoms with Gasteiger partial charge in [-0.05, 0) is 45.5 Å². The van der Waals surface area contributed by atoms with E-state index < -0.39 is 5.97 Å². The van der Waals surface area contributed by atoms with E-state index in [-0.39, 0.29) is 12.3 Å². The van der Waals surface area contributed by atoms with Gasteiger partial charge in [0.2, 0.25) is 0 Å². The lowest BCUT2D eigenvalue weighted by atomic mass is 10.1. The topological polar surface area (TPSA) is 75.3 Å². The second-order valence-corrected chi connectivity index (χ2v) is 7.63. The van der Waals surface area contributed by atoms with Gasteiger partial charge in [0.05, 0.1) is 29.9 Å². The van der Waals surface area contributed by atoms with Crippen LogP contribution in [0, 0.1) is 13.8 Å². The first kappa shape index (κ1) is 19.3. The molecule has 0 atom stereocenters. The third-order valence-corrected chi connectivity index (χ3v) is 5.37. The number of thiazole rings is 1. The molecule has 0 fully saturated rings. The zero-order valence-electron chi connectivity index (χ0n) is 16.0. The summed E-state index contributed by atoms with van der Waals surface area (Å²) in [4.78, 5) is 34.4. The standard InChI is InChI=1S/C20H23N3O3S/c1-5-26-20(25)19-12(2)18(13(3)21-19)15(24)10-23(4)11-17-22-14-8-6-7-9-16(14)27-17/h6-9,21H,5,10-11H2,1-4H3. The van der Waals surface area contributed by atoms with E-state index in [1.54, 1.807) is 32.1 Å². The number of ketones is 1. The Labute approximate surface area is 162 Å². The number of aromatic nitrogens is 2. The molecule has 3 rings (SSSR count). The van der Waals surface area contributed by atoms with Crippen molar-refractivity contribution in [1.29, 1.82) is 0 Å². The highest BCUT2D eigenvalue weighted by Crippen LogP contribution is 2.23. The number of benzene rings is 1. The van der Waals surface area contributed by atoms with Crippen molar-refractivity contribution in [2.45, 2.75) is 27.3 Å². The Balaban J connectivity index is 1.72. The van der Waals surface area contributed by atoms with Gasteiger partial charge in [0.15, 0.2) is 5.78 Å². The van der Waals surface area contributed by atoms with E-state index in [4.69, 9.17) is 4.74 Å². The van der Waals surface area contributed by atoms with Crippen molar-refractivity contribution in [2.24, 2.45) is 0 Å². The van der Waals surface area contributed by atoms with E-state index >= 15 is 0 Å². The van der Waals surface area contributed by atoms with Gasteiger partial charge < -0.3 is 9.72 Å². The highest BCUT2D eigenvalue weighted by molar-refractivity contribution is 7.18. The van der Waals surface area contributed by atoms with Crippen molar-refractivity contribution in [3.05, 3.63) is 51.8 Å². The van der Waals surface area contributed by atoms with Gasteiger partial charge in [-0.3, -0.25) is 9.69 Å². The molecule has 0 unspecified atom stereocenters. The van der Waals surface area contributed by atoms with Crippen LogP contribution in [0.15, 0.2) is 24.3 Å². The first-order valence-corrected chi connectivity index (χ1v) is 9.64. The van der Waals surface area contributed by atoms with Crippen LogP contribution in [0.1, 0.15) is 44.0 Å². The van der Waals surface area contributed by atoms with Crippen molar-refractivity contribution >= 4 is 33.3 Å². The minimum Gasteiger partial charge on any atom is -0.461 e. The first-order valence-electron chi connectivity index (χ1n) is 8.83. The van der Waals surface area contributed by atoms with Crippen LogP contribution in [0.2, 0.25) is 0 Å². The van der Waals surface area contributed by atoms with E-state index in [0.29, 0.717) is 35.7 Å². The number of ether oxygens (including phenoxy) is 1. The minimum atomic E-state index is -0.431. The summed E-state index contributed by atoms with van der Waals surface area (Å²) in [7, 11) is 1.90. The molecule has 0 radical (unpaired) electrons. The molecule has 0 saturated carbocycles. The molecule has 0 aliphatic rings. The maximum absolute atomic E-state index is 12.8. The maximum atomic E-state index is 12.8. The monoisotopic (exact) mass is 385 g/mol. The minimum absolute atomic E-state index is 0.0274. The molecule has 3 aromatic rings. The molecule has 0 amide bonds. The fourth-order valence-corrected chi connectivity index (χ4v) is 4.22. The number of hydrogen-bond donors (Lipinski definition) is 1. The number of carbonyl (C=O) groups is 2. The Morgan fingerprint density at radius 2 is 2.00 bits per heavy atom. The van der Waals surface area contributed by atoms with Gasteiger partial charge in [0.1, 0.15) is 10.7 Å². The van der Waals surface area contributed by atoms with Crippen LogP contribution in [0.25, 0.3) is 10.2 Å². The van der Waals surface area contributed by atoms with Crippen LogP contribution >= 0.6 is 11.3 Å². The van der Waals surface area contributed by atoms with Gasteiger partial charge in [-0.15, -0.1) is 11.3 Å². The summed E-state index contributed by atoms with van der Waals surface area (Å²) in [6, 6.07) is 8.00. The third kappa shape index (κ3) is 4.09. The van der Waals surface area contributed by atoms with Gasteiger partial charge >= 0.3 is 5.97 Å². The van der Waals surface area contributed by atoms with Gasteiger partial charge in [-0.25, -0.2) is 9.78 Å². The van der Waals surface area contributed by atoms with Crippen LogP contribution < -0.4 is 0 Å². The largest absolute Gasteiger partial charge is 0.461 e. The number of likely N-dealkylation sites (N-methyl/N-ethyl adjacent to an activating group) is 1. The zero-order chi connectivity index (χ0) is 19.6. The number of nitrogens with one attached hydrogen (secondary N) is 1. The van der Waals surface area contributed by atoms with Crippen molar-refractivity contribution < 1.29 is 14.3 Å². The molecule has 1 N–H and O–H groups in total.